The van der Waals surface area contributed by atoms with Crippen molar-refractivity contribution in [2.24, 2.45) is 0 Å². The summed E-state index contributed by atoms with van der Waals surface area (Å²) in [5.74, 6) is 0.0434. The number of nitrogens with zero attached hydrogens (tertiary/aromatic N) is 4. The summed E-state index contributed by atoms with van der Waals surface area (Å²) in [5, 5.41) is 11.5. The molecule has 0 unspecified atom stereocenters. The van der Waals surface area contributed by atoms with E-state index in [1.807, 2.05) is 41.3 Å². The number of likely N-dealkylation sites (tertiary alicyclic amines) is 1. The summed E-state index contributed by atoms with van der Waals surface area (Å²) in [6.07, 6.45) is 6.69. The molecule has 2 aromatic carbocycles. The van der Waals surface area contributed by atoms with Gasteiger partial charge in [0, 0.05) is 35.8 Å². The van der Waals surface area contributed by atoms with E-state index >= 15 is 0 Å². The first kappa shape index (κ1) is 22.2. The third kappa shape index (κ3) is 4.43. The van der Waals surface area contributed by atoms with Crippen molar-refractivity contribution in [1.82, 2.24) is 19.4 Å². The SMILES string of the molecule is CC(C)(O)Cn1ccc2cc(-c3cnc4ccc(C(=O)N5CCCCC5)cc4n3)ccc2c1=O. The lowest BCUT2D eigenvalue weighted by molar-refractivity contribution is 0.0606. The average molecular weight is 457 g/mol. The van der Waals surface area contributed by atoms with Gasteiger partial charge in [-0.15, -0.1) is 0 Å². The minimum absolute atomic E-state index is 0.0434. The smallest absolute Gasteiger partial charge is 0.258 e. The lowest BCUT2D eigenvalue weighted by Crippen LogP contribution is -2.35. The predicted molar refractivity (Wildman–Crippen MR) is 133 cm³/mol. The molecule has 174 valence electrons. The molecule has 1 saturated heterocycles. The molecule has 1 aliphatic heterocycles. The van der Waals surface area contributed by atoms with Crippen LogP contribution in [0.2, 0.25) is 0 Å². The fourth-order valence-electron chi connectivity index (χ4n) is 4.55. The Labute approximate surface area is 197 Å². The highest BCUT2D eigenvalue weighted by molar-refractivity contribution is 5.97. The summed E-state index contributed by atoms with van der Waals surface area (Å²) in [6.45, 7) is 5.18. The minimum Gasteiger partial charge on any atom is -0.389 e. The molecule has 1 N–H and O–H groups in total. The molecule has 34 heavy (non-hydrogen) atoms. The van der Waals surface area contributed by atoms with Crippen LogP contribution >= 0.6 is 0 Å². The van der Waals surface area contributed by atoms with E-state index in [1.54, 1.807) is 32.3 Å². The number of aliphatic hydroxyl groups is 1. The van der Waals surface area contributed by atoms with Crippen LogP contribution in [0.4, 0.5) is 0 Å². The van der Waals surface area contributed by atoms with Gasteiger partial charge in [0.1, 0.15) is 0 Å². The first-order valence-corrected chi connectivity index (χ1v) is 11.7. The van der Waals surface area contributed by atoms with Crippen molar-refractivity contribution in [2.45, 2.75) is 45.3 Å². The van der Waals surface area contributed by atoms with Crippen molar-refractivity contribution in [3.05, 3.63) is 70.8 Å². The van der Waals surface area contributed by atoms with E-state index in [-0.39, 0.29) is 18.0 Å². The second kappa shape index (κ2) is 8.65. The van der Waals surface area contributed by atoms with Crippen LogP contribution in [-0.2, 0) is 6.54 Å². The summed E-state index contributed by atoms with van der Waals surface area (Å²) >= 11 is 0. The maximum absolute atomic E-state index is 12.9. The van der Waals surface area contributed by atoms with Gasteiger partial charge in [-0.2, -0.15) is 0 Å². The molecule has 1 aliphatic rings. The zero-order valence-corrected chi connectivity index (χ0v) is 19.5. The van der Waals surface area contributed by atoms with Crippen LogP contribution < -0.4 is 5.56 Å². The Kier molecular flexibility index (Phi) is 5.65. The molecule has 0 saturated carbocycles. The fourth-order valence-corrected chi connectivity index (χ4v) is 4.55. The Bertz CT molecular complexity index is 1450. The standard InChI is InChI=1S/C27H28N4O3/c1-27(2,34)17-31-13-10-18-14-19(6-8-21(18)26(31)33)24-16-28-22-9-7-20(15-23(22)29-24)25(32)30-11-4-3-5-12-30/h6-10,13-16,34H,3-5,11-12,17H2,1-2H3. The van der Waals surface area contributed by atoms with Gasteiger partial charge in [-0.3, -0.25) is 14.6 Å². The Balaban J connectivity index is 1.49. The van der Waals surface area contributed by atoms with E-state index in [9.17, 15) is 14.7 Å². The summed E-state index contributed by atoms with van der Waals surface area (Å²) in [7, 11) is 0. The molecule has 5 rings (SSSR count). The van der Waals surface area contributed by atoms with Crippen molar-refractivity contribution in [1.29, 1.82) is 0 Å². The van der Waals surface area contributed by atoms with Gasteiger partial charge in [0.15, 0.2) is 0 Å². The maximum atomic E-state index is 12.9. The molecule has 3 heterocycles. The van der Waals surface area contributed by atoms with Gasteiger partial charge in [0.25, 0.3) is 11.5 Å². The molecule has 1 amide bonds. The zero-order valence-electron chi connectivity index (χ0n) is 19.5. The van der Waals surface area contributed by atoms with Crippen LogP contribution in [0.15, 0.2) is 59.7 Å². The van der Waals surface area contributed by atoms with E-state index < -0.39 is 5.60 Å². The van der Waals surface area contributed by atoms with Crippen molar-refractivity contribution < 1.29 is 9.90 Å². The number of carbonyl (C=O) groups excluding carboxylic acids is 1. The molecule has 0 bridgehead atoms. The highest BCUT2D eigenvalue weighted by atomic mass is 16.3. The second-order valence-electron chi connectivity index (χ2n) is 9.67. The molecule has 1 fully saturated rings. The van der Waals surface area contributed by atoms with E-state index in [0.29, 0.717) is 22.2 Å². The quantitative estimate of drug-likeness (QED) is 0.501. The van der Waals surface area contributed by atoms with Crippen LogP contribution in [0, 0.1) is 0 Å². The molecule has 7 nitrogen and oxygen atoms in total. The van der Waals surface area contributed by atoms with Gasteiger partial charge in [-0.1, -0.05) is 6.07 Å². The third-order valence-corrected chi connectivity index (χ3v) is 6.26. The number of carbonyl (C=O) groups is 1. The second-order valence-corrected chi connectivity index (χ2v) is 9.67. The molecule has 0 spiro atoms. The summed E-state index contributed by atoms with van der Waals surface area (Å²) in [4.78, 5) is 37.0. The van der Waals surface area contributed by atoms with Gasteiger partial charge in [0.05, 0.1) is 35.1 Å². The number of amides is 1. The number of aromatic nitrogens is 3. The van der Waals surface area contributed by atoms with Crippen LogP contribution in [0.25, 0.3) is 33.1 Å². The van der Waals surface area contributed by atoms with E-state index in [0.717, 1.165) is 42.4 Å². The largest absolute Gasteiger partial charge is 0.389 e. The van der Waals surface area contributed by atoms with Gasteiger partial charge >= 0.3 is 0 Å². The summed E-state index contributed by atoms with van der Waals surface area (Å²) < 4.78 is 1.53. The molecule has 7 heteroatoms. The number of piperidine rings is 1. The monoisotopic (exact) mass is 456 g/mol. The molecular weight excluding hydrogens is 428 g/mol. The topological polar surface area (TPSA) is 88.3 Å². The highest BCUT2D eigenvalue weighted by Crippen LogP contribution is 2.24. The van der Waals surface area contributed by atoms with Gasteiger partial charge in [0.2, 0.25) is 0 Å². The van der Waals surface area contributed by atoms with Gasteiger partial charge in [-0.25, -0.2) is 4.98 Å². The van der Waals surface area contributed by atoms with E-state index in [2.05, 4.69) is 4.98 Å². The third-order valence-electron chi connectivity index (χ3n) is 6.26. The molecule has 4 aromatic rings. The molecule has 0 aliphatic carbocycles. The molecular formula is C27H28N4O3. The number of hydrogen-bond acceptors (Lipinski definition) is 5. The molecule has 2 aromatic heterocycles. The number of hydrogen-bond donors (Lipinski definition) is 1. The first-order valence-electron chi connectivity index (χ1n) is 11.7. The predicted octanol–water partition coefficient (Wildman–Crippen LogP) is 4.01. The van der Waals surface area contributed by atoms with E-state index in [4.69, 9.17) is 4.98 Å². The minimum atomic E-state index is -0.980. The Morgan fingerprint density at radius 1 is 1.03 bits per heavy atom. The molecule has 0 radical (unpaired) electrons. The lowest BCUT2D eigenvalue weighted by atomic mass is 10.1. The van der Waals surface area contributed by atoms with Crippen LogP contribution in [0.5, 0.6) is 0 Å². The number of benzene rings is 2. The highest BCUT2D eigenvalue weighted by Gasteiger charge is 2.19. The molecule has 0 atom stereocenters. The van der Waals surface area contributed by atoms with Crippen LogP contribution in [0.1, 0.15) is 43.5 Å². The summed E-state index contributed by atoms with van der Waals surface area (Å²) in [5.41, 5.74) is 2.43. The lowest BCUT2D eigenvalue weighted by Gasteiger charge is -2.26. The van der Waals surface area contributed by atoms with Crippen molar-refractivity contribution in [2.75, 3.05) is 13.1 Å². The van der Waals surface area contributed by atoms with Gasteiger partial charge < -0.3 is 14.6 Å². The van der Waals surface area contributed by atoms with E-state index in [1.165, 1.54) is 11.0 Å². The van der Waals surface area contributed by atoms with Crippen molar-refractivity contribution in [3.8, 4) is 11.3 Å². The van der Waals surface area contributed by atoms with Crippen molar-refractivity contribution in [3.63, 3.8) is 0 Å². The normalized spacial score (nSPS) is 14.6. The summed E-state index contributed by atoms with van der Waals surface area (Å²) in [6, 6.07) is 12.9. The van der Waals surface area contributed by atoms with Crippen molar-refractivity contribution >= 4 is 27.7 Å². The Hall–Kier alpha value is -3.58. The number of fused-ring (bicyclic) bond motifs is 2. The maximum Gasteiger partial charge on any atom is 0.258 e. The number of pyridine rings is 1. The first-order chi connectivity index (χ1) is 16.3. The van der Waals surface area contributed by atoms with Gasteiger partial charge in [-0.05, 0) is 74.9 Å². The van der Waals surface area contributed by atoms with Crippen LogP contribution in [0.3, 0.4) is 0 Å². The Morgan fingerprint density at radius 3 is 2.59 bits per heavy atom. The Morgan fingerprint density at radius 2 is 1.82 bits per heavy atom. The number of rotatable bonds is 4. The fraction of sp³-hybridized carbons (Fsp3) is 0.333. The average Bonchev–Trinajstić information content (AvgIpc) is 2.84. The zero-order chi connectivity index (χ0) is 23.9. The van der Waals surface area contributed by atoms with Crippen LogP contribution in [-0.4, -0.2) is 49.1 Å².